The summed E-state index contributed by atoms with van der Waals surface area (Å²) in [5.74, 6) is 0. The van der Waals surface area contributed by atoms with Gasteiger partial charge in [0.05, 0.1) is 6.04 Å². The van der Waals surface area contributed by atoms with Crippen molar-refractivity contribution < 1.29 is 0 Å². The minimum atomic E-state index is 0.230. The van der Waals surface area contributed by atoms with E-state index in [1.54, 1.807) is 0 Å². The molecule has 0 atom stereocenters. The van der Waals surface area contributed by atoms with Gasteiger partial charge < -0.3 is 0 Å². The van der Waals surface area contributed by atoms with Gasteiger partial charge in [0.25, 0.3) is 0 Å². The van der Waals surface area contributed by atoms with Crippen LogP contribution in [0, 0.1) is 0 Å². The molecule has 0 radical (unpaired) electrons. The second kappa shape index (κ2) is 7.37. The number of hydrogen-bond donors (Lipinski definition) is 0. The maximum absolute atomic E-state index is 4.18. The molecule has 0 fully saturated rings. The molecule has 2 aromatic carbocycles. The zero-order valence-corrected chi connectivity index (χ0v) is 15.6. The molecule has 0 saturated carbocycles. The first-order valence-electron chi connectivity index (χ1n) is 9.60. The van der Waals surface area contributed by atoms with E-state index in [0.717, 1.165) is 13.1 Å². The fourth-order valence-electron chi connectivity index (χ4n) is 4.21. The van der Waals surface area contributed by atoms with Crippen molar-refractivity contribution in [2.45, 2.75) is 19.1 Å². The summed E-state index contributed by atoms with van der Waals surface area (Å²) in [7, 11) is 0. The van der Waals surface area contributed by atoms with Crippen LogP contribution in [-0.2, 0) is 13.1 Å². The van der Waals surface area contributed by atoms with Crippen LogP contribution in [0.4, 0.5) is 0 Å². The fraction of sp³-hybridized carbons (Fsp3) is 0.120. The summed E-state index contributed by atoms with van der Waals surface area (Å²) in [5, 5.41) is 0. The fourth-order valence-corrected chi connectivity index (χ4v) is 4.21. The molecule has 2 heterocycles. The van der Waals surface area contributed by atoms with Crippen LogP contribution in [0.15, 0.2) is 97.6 Å². The van der Waals surface area contributed by atoms with E-state index >= 15 is 0 Å². The standard InChI is InChI=1S/C25H21N3/c1-3-7-23-21(5-1)22-6-2-4-8-24(22)25(23)28(17-19-9-13-26-14-10-19)18-20-11-15-27-16-12-20/h1-16,25H,17-18H2. The number of fused-ring (bicyclic) bond motifs is 3. The molecule has 1 aliphatic rings. The highest BCUT2D eigenvalue weighted by molar-refractivity contribution is 5.78. The van der Waals surface area contributed by atoms with Crippen molar-refractivity contribution in [1.29, 1.82) is 0 Å². The summed E-state index contributed by atoms with van der Waals surface area (Å²) < 4.78 is 0. The summed E-state index contributed by atoms with van der Waals surface area (Å²) in [4.78, 5) is 10.9. The van der Waals surface area contributed by atoms with E-state index in [-0.39, 0.29) is 6.04 Å². The van der Waals surface area contributed by atoms with E-state index in [9.17, 15) is 0 Å². The van der Waals surface area contributed by atoms with Gasteiger partial charge in [-0.1, -0.05) is 48.5 Å². The Morgan fingerprint density at radius 1 is 0.571 bits per heavy atom. The first-order chi connectivity index (χ1) is 13.9. The quantitative estimate of drug-likeness (QED) is 0.485. The second-order valence-electron chi connectivity index (χ2n) is 7.19. The van der Waals surface area contributed by atoms with Crippen molar-refractivity contribution >= 4 is 0 Å². The predicted octanol–water partition coefficient (Wildman–Crippen LogP) is 5.25. The molecule has 5 rings (SSSR count). The Labute approximate surface area is 165 Å². The number of benzene rings is 2. The van der Waals surface area contributed by atoms with E-state index in [4.69, 9.17) is 0 Å². The van der Waals surface area contributed by atoms with E-state index < -0.39 is 0 Å². The first kappa shape index (κ1) is 16.8. The molecule has 0 saturated heterocycles. The smallest absolute Gasteiger partial charge is 0.0620 e. The predicted molar refractivity (Wildman–Crippen MR) is 111 cm³/mol. The lowest BCUT2D eigenvalue weighted by molar-refractivity contribution is 0.210. The van der Waals surface area contributed by atoms with Gasteiger partial charge in [0, 0.05) is 37.9 Å². The van der Waals surface area contributed by atoms with Crippen molar-refractivity contribution in [3.8, 4) is 11.1 Å². The van der Waals surface area contributed by atoms with Crippen LogP contribution in [0.2, 0.25) is 0 Å². The topological polar surface area (TPSA) is 29.0 Å². The highest BCUT2D eigenvalue weighted by Crippen LogP contribution is 2.46. The van der Waals surface area contributed by atoms with Gasteiger partial charge in [-0.05, 0) is 57.6 Å². The van der Waals surface area contributed by atoms with Gasteiger partial charge in [0.1, 0.15) is 0 Å². The van der Waals surface area contributed by atoms with Gasteiger partial charge in [-0.2, -0.15) is 0 Å². The molecule has 0 N–H and O–H groups in total. The summed E-state index contributed by atoms with van der Waals surface area (Å²) in [6.07, 6.45) is 7.49. The third-order valence-corrected chi connectivity index (χ3v) is 5.44. The van der Waals surface area contributed by atoms with E-state index in [1.165, 1.54) is 33.4 Å². The molecule has 3 nitrogen and oxygen atoms in total. The van der Waals surface area contributed by atoms with Crippen LogP contribution in [0.3, 0.4) is 0 Å². The molecule has 28 heavy (non-hydrogen) atoms. The van der Waals surface area contributed by atoms with Crippen molar-refractivity contribution in [3.63, 3.8) is 0 Å². The van der Waals surface area contributed by atoms with Crippen LogP contribution in [0.1, 0.15) is 28.3 Å². The third kappa shape index (κ3) is 3.10. The Hall–Kier alpha value is -3.30. The van der Waals surface area contributed by atoms with Crippen molar-refractivity contribution in [1.82, 2.24) is 14.9 Å². The molecule has 4 aromatic rings. The van der Waals surface area contributed by atoms with Gasteiger partial charge in [0.2, 0.25) is 0 Å². The Morgan fingerprint density at radius 3 is 1.46 bits per heavy atom. The average molecular weight is 363 g/mol. The highest BCUT2D eigenvalue weighted by atomic mass is 15.2. The van der Waals surface area contributed by atoms with Crippen LogP contribution >= 0.6 is 0 Å². The van der Waals surface area contributed by atoms with Crippen LogP contribution in [0.25, 0.3) is 11.1 Å². The van der Waals surface area contributed by atoms with Crippen LogP contribution in [0.5, 0.6) is 0 Å². The second-order valence-corrected chi connectivity index (χ2v) is 7.19. The molecular formula is C25H21N3. The van der Waals surface area contributed by atoms with Crippen molar-refractivity contribution in [2.24, 2.45) is 0 Å². The number of nitrogens with zero attached hydrogens (tertiary/aromatic N) is 3. The Bertz CT molecular complexity index is 990. The Morgan fingerprint density at radius 2 is 1.00 bits per heavy atom. The minimum Gasteiger partial charge on any atom is -0.284 e. The van der Waals surface area contributed by atoms with Crippen molar-refractivity contribution in [3.05, 3.63) is 120 Å². The van der Waals surface area contributed by atoms with Crippen LogP contribution in [-0.4, -0.2) is 14.9 Å². The zero-order valence-electron chi connectivity index (χ0n) is 15.6. The number of hydrogen-bond acceptors (Lipinski definition) is 3. The molecule has 136 valence electrons. The summed E-state index contributed by atoms with van der Waals surface area (Å²) in [6.45, 7) is 1.72. The average Bonchev–Trinajstić information content (AvgIpc) is 3.09. The molecular weight excluding hydrogens is 342 g/mol. The molecule has 0 unspecified atom stereocenters. The van der Waals surface area contributed by atoms with E-state index in [1.807, 2.05) is 24.8 Å². The molecule has 1 aliphatic carbocycles. The number of aromatic nitrogens is 2. The SMILES string of the molecule is c1ccc2c(c1)-c1ccccc1C2N(Cc1ccncc1)Cc1ccncc1. The summed E-state index contributed by atoms with van der Waals surface area (Å²) >= 11 is 0. The molecule has 0 bridgehead atoms. The van der Waals surface area contributed by atoms with Crippen LogP contribution < -0.4 is 0 Å². The monoisotopic (exact) mass is 363 g/mol. The van der Waals surface area contributed by atoms with E-state index in [2.05, 4.69) is 87.7 Å². The zero-order chi connectivity index (χ0) is 18.8. The van der Waals surface area contributed by atoms with E-state index in [0.29, 0.717) is 0 Å². The van der Waals surface area contributed by atoms with Crippen molar-refractivity contribution in [2.75, 3.05) is 0 Å². The molecule has 0 spiro atoms. The lowest BCUT2D eigenvalue weighted by atomic mass is 10.0. The highest BCUT2D eigenvalue weighted by Gasteiger charge is 2.32. The Balaban J connectivity index is 1.60. The summed E-state index contributed by atoms with van der Waals surface area (Å²) in [5.41, 5.74) is 7.99. The Kier molecular flexibility index (Phi) is 4.43. The maximum atomic E-state index is 4.18. The molecule has 2 aromatic heterocycles. The van der Waals surface area contributed by atoms with Gasteiger partial charge in [-0.15, -0.1) is 0 Å². The van der Waals surface area contributed by atoms with Gasteiger partial charge in [-0.3, -0.25) is 14.9 Å². The van der Waals surface area contributed by atoms with Gasteiger partial charge in [-0.25, -0.2) is 0 Å². The normalized spacial score (nSPS) is 12.8. The lowest BCUT2D eigenvalue weighted by Crippen LogP contribution is -2.27. The molecule has 0 amide bonds. The minimum absolute atomic E-state index is 0.230. The first-order valence-corrected chi connectivity index (χ1v) is 9.60. The number of rotatable bonds is 5. The van der Waals surface area contributed by atoms with Gasteiger partial charge in [0.15, 0.2) is 0 Å². The number of pyridine rings is 2. The maximum Gasteiger partial charge on any atom is 0.0620 e. The molecule has 0 aliphatic heterocycles. The third-order valence-electron chi connectivity index (χ3n) is 5.44. The summed E-state index contributed by atoms with van der Waals surface area (Å²) in [6, 6.07) is 26.2. The molecule has 3 heteroatoms. The largest absolute Gasteiger partial charge is 0.284 e. The van der Waals surface area contributed by atoms with Gasteiger partial charge >= 0.3 is 0 Å². The lowest BCUT2D eigenvalue weighted by Gasteiger charge is -2.31.